The van der Waals surface area contributed by atoms with Crippen molar-refractivity contribution in [3.63, 3.8) is 0 Å². The monoisotopic (exact) mass is 390 g/mol. The lowest BCUT2D eigenvalue weighted by atomic mass is 9.94. The van der Waals surface area contributed by atoms with Crippen LogP contribution in [0.3, 0.4) is 0 Å². The minimum atomic E-state index is -1.65. The van der Waals surface area contributed by atoms with Gasteiger partial charge in [-0.25, -0.2) is 13.2 Å². The molecule has 0 unspecified atom stereocenters. The van der Waals surface area contributed by atoms with Crippen molar-refractivity contribution in [1.29, 1.82) is 0 Å². The number of piperidine rings is 1. The molecule has 1 saturated heterocycles. The summed E-state index contributed by atoms with van der Waals surface area (Å²) in [6.45, 7) is 1.01. The van der Waals surface area contributed by atoms with E-state index in [0.717, 1.165) is 17.7 Å². The van der Waals surface area contributed by atoms with Gasteiger partial charge in [0.1, 0.15) is 0 Å². The van der Waals surface area contributed by atoms with E-state index >= 15 is 0 Å². The average Bonchev–Trinajstić information content (AvgIpc) is 2.72. The summed E-state index contributed by atoms with van der Waals surface area (Å²) in [5, 5.41) is 0. The van der Waals surface area contributed by atoms with E-state index in [1.54, 1.807) is 11.9 Å². The first-order chi connectivity index (χ1) is 13.4. The molecule has 28 heavy (non-hydrogen) atoms. The molecule has 0 aromatic heterocycles. The molecular formula is C21H21F3N2O2. The Kier molecular flexibility index (Phi) is 6.02. The minimum absolute atomic E-state index is 0.00467. The number of carbonyl (C=O) groups excluding carboxylic acids is 2. The van der Waals surface area contributed by atoms with Crippen LogP contribution in [-0.2, 0) is 11.3 Å². The van der Waals surface area contributed by atoms with Crippen molar-refractivity contribution in [1.82, 2.24) is 9.80 Å². The van der Waals surface area contributed by atoms with Crippen LogP contribution in [0.25, 0.3) is 0 Å². The highest BCUT2D eigenvalue weighted by molar-refractivity contribution is 5.94. The molecule has 0 spiro atoms. The van der Waals surface area contributed by atoms with Gasteiger partial charge in [0.2, 0.25) is 5.91 Å². The molecule has 0 bridgehead atoms. The Morgan fingerprint density at radius 1 is 1.00 bits per heavy atom. The van der Waals surface area contributed by atoms with Gasteiger partial charge in [0, 0.05) is 32.6 Å². The second-order valence-electron chi connectivity index (χ2n) is 6.97. The molecule has 0 atom stereocenters. The summed E-state index contributed by atoms with van der Waals surface area (Å²) in [7, 11) is 1.74. The lowest BCUT2D eigenvalue weighted by Gasteiger charge is -2.33. The van der Waals surface area contributed by atoms with Crippen LogP contribution in [0, 0.1) is 23.4 Å². The third-order valence-corrected chi connectivity index (χ3v) is 5.04. The molecule has 0 aliphatic carbocycles. The number of carbonyl (C=O) groups is 2. The third kappa shape index (κ3) is 4.18. The van der Waals surface area contributed by atoms with Gasteiger partial charge in [0.15, 0.2) is 17.5 Å². The Morgan fingerprint density at radius 3 is 2.29 bits per heavy atom. The molecule has 7 heteroatoms. The number of benzene rings is 2. The number of rotatable bonds is 4. The maximum Gasteiger partial charge on any atom is 0.256 e. The second-order valence-corrected chi connectivity index (χ2v) is 6.97. The van der Waals surface area contributed by atoms with Gasteiger partial charge >= 0.3 is 0 Å². The van der Waals surface area contributed by atoms with Gasteiger partial charge in [0.25, 0.3) is 5.91 Å². The van der Waals surface area contributed by atoms with Crippen LogP contribution in [0.5, 0.6) is 0 Å². The van der Waals surface area contributed by atoms with Gasteiger partial charge in [-0.15, -0.1) is 0 Å². The molecule has 2 amide bonds. The molecule has 1 fully saturated rings. The van der Waals surface area contributed by atoms with E-state index < -0.39 is 28.9 Å². The molecule has 0 saturated carbocycles. The van der Waals surface area contributed by atoms with Gasteiger partial charge in [-0.1, -0.05) is 30.3 Å². The number of amides is 2. The van der Waals surface area contributed by atoms with Crippen molar-refractivity contribution in [3.05, 3.63) is 71.0 Å². The van der Waals surface area contributed by atoms with Crippen LogP contribution in [0.4, 0.5) is 13.2 Å². The largest absolute Gasteiger partial charge is 0.341 e. The molecule has 1 aliphatic rings. The van der Waals surface area contributed by atoms with Gasteiger partial charge in [-0.2, -0.15) is 0 Å². The van der Waals surface area contributed by atoms with Crippen molar-refractivity contribution in [3.8, 4) is 0 Å². The van der Waals surface area contributed by atoms with Crippen molar-refractivity contribution in [2.45, 2.75) is 19.4 Å². The number of hydrogen-bond acceptors (Lipinski definition) is 2. The zero-order chi connectivity index (χ0) is 20.3. The highest BCUT2D eigenvalue weighted by Crippen LogP contribution is 2.23. The zero-order valence-electron chi connectivity index (χ0n) is 15.5. The van der Waals surface area contributed by atoms with Crippen LogP contribution in [0.15, 0.2) is 42.5 Å². The van der Waals surface area contributed by atoms with Gasteiger partial charge in [0.05, 0.1) is 5.56 Å². The smallest absolute Gasteiger partial charge is 0.256 e. The fourth-order valence-corrected chi connectivity index (χ4v) is 3.44. The average molecular weight is 390 g/mol. The highest BCUT2D eigenvalue weighted by atomic mass is 19.2. The molecule has 2 aromatic rings. The Bertz CT molecular complexity index is 865. The maximum absolute atomic E-state index is 13.9. The molecule has 0 radical (unpaired) electrons. The van der Waals surface area contributed by atoms with Gasteiger partial charge in [-0.05, 0) is 30.5 Å². The maximum atomic E-state index is 13.9. The number of hydrogen-bond donors (Lipinski definition) is 0. The van der Waals surface area contributed by atoms with Crippen molar-refractivity contribution < 1.29 is 22.8 Å². The van der Waals surface area contributed by atoms with Crippen molar-refractivity contribution >= 4 is 11.8 Å². The lowest BCUT2D eigenvalue weighted by molar-refractivity contribution is -0.136. The Morgan fingerprint density at radius 2 is 1.64 bits per heavy atom. The fourth-order valence-electron chi connectivity index (χ4n) is 3.44. The SMILES string of the molecule is CN(Cc1ccccc1)C(=O)C1CCN(C(=O)c2ccc(F)c(F)c2F)CC1. The summed E-state index contributed by atoms with van der Waals surface area (Å²) < 4.78 is 40.3. The number of halogens is 3. The summed E-state index contributed by atoms with van der Waals surface area (Å²) in [5.74, 6) is -5.40. The van der Waals surface area contributed by atoms with E-state index in [-0.39, 0.29) is 24.9 Å². The summed E-state index contributed by atoms with van der Waals surface area (Å²) in [6, 6.07) is 11.3. The summed E-state index contributed by atoms with van der Waals surface area (Å²) in [6.07, 6.45) is 0.879. The topological polar surface area (TPSA) is 40.6 Å². The molecule has 148 valence electrons. The molecule has 3 rings (SSSR count). The van der Waals surface area contributed by atoms with Gasteiger partial charge < -0.3 is 9.80 Å². The first kappa shape index (κ1) is 19.9. The third-order valence-electron chi connectivity index (χ3n) is 5.04. The van der Waals surface area contributed by atoms with E-state index in [1.807, 2.05) is 30.3 Å². The molecule has 2 aromatic carbocycles. The predicted octanol–water partition coefficient (Wildman–Crippen LogP) is 3.61. The first-order valence-corrected chi connectivity index (χ1v) is 9.10. The quantitative estimate of drug-likeness (QED) is 0.749. The molecule has 4 nitrogen and oxygen atoms in total. The number of likely N-dealkylation sites (tertiary alicyclic amines) is 1. The van der Waals surface area contributed by atoms with Crippen LogP contribution < -0.4 is 0 Å². The Balaban J connectivity index is 1.59. The van der Waals surface area contributed by atoms with E-state index in [2.05, 4.69) is 0 Å². The normalized spacial score (nSPS) is 14.8. The lowest BCUT2D eigenvalue weighted by Crippen LogP contribution is -2.43. The molecule has 1 aliphatic heterocycles. The Hall–Kier alpha value is -2.83. The number of nitrogens with zero attached hydrogens (tertiary/aromatic N) is 2. The fraction of sp³-hybridized carbons (Fsp3) is 0.333. The van der Waals surface area contributed by atoms with E-state index in [9.17, 15) is 22.8 Å². The Labute approximate surface area is 161 Å². The van der Waals surface area contributed by atoms with Crippen molar-refractivity contribution in [2.75, 3.05) is 20.1 Å². The standard InChI is InChI=1S/C21H21F3N2O2/c1-25(13-14-5-3-2-4-6-14)20(27)15-9-11-26(12-10-15)21(28)16-7-8-17(22)19(24)18(16)23/h2-8,15H,9-13H2,1H3. The highest BCUT2D eigenvalue weighted by Gasteiger charge is 2.31. The molecule has 1 heterocycles. The molecular weight excluding hydrogens is 369 g/mol. The van der Waals surface area contributed by atoms with Crippen molar-refractivity contribution in [2.24, 2.45) is 5.92 Å². The van der Waals surface area contributed by atoms with Gasteiger partial charge in [-0.3, -0.25) is 9.59 Å². The summed E-state index contributed by atoms with van der Waals surface area (Å²) in [5.41, 5.74) is 0.532. The summed E-state index contributed by atoms with van der Waals surface area (Å²) >= 11 is 0. The van der Waals surface area contributed by atoms with E-state index in [1.165, 1.54) is 4.90 Å². The second kappa shape index (κ2) is 8.46. The van der Waals surface area contributed by atoms with Crippen LogP contribution in [0.1, 0.15) is 28.8 Å². The predicted molar refractivity (Wildman–Crippen MR) is 97.9 cm³/mol. The molecule has 0 N–H and O–H groups in total. The minimum Gasteiger partial charge on any atom is -0.341 e. The van der Waals surface area contributed by atoms with Crippen LogP contribution in [0.2, 0.25) is 0 Å². The van der Waals surface area contributed by atoms with E-state index in [4.69, 9.17) is 0 Å². The van der Waals surface area contributed by atoms with Crippen LogP contribution >= 0.6 is 0 Å². The zero-order valence-corrected chi connectivity index (χ0v) is 15.5. The summed E-state index contributed by atoms with van der Waals surface area (Å²) in [4.78, 5) is 28.1. The first-order valence-electron chi connectivity index (χ1n) is 9.10. The van der Waals surface area contributed by atoms with E-state index in [0.29, 0.717) is 19.4 Å². The van der Waals surface area contributed by atoms with Crippen LogP contribution in [-0.4, -0.2) is 41.8 Å².